The average molecular weight is 395 g/mol. The molecule has 2 aromatic rings. The maximum absolute atomic E-state index is 13.0. The topological polar surface area (TPSA) is 87.7 Å². The van der Waals surface area contributed by atoms with Crippen LogP contribution < -0.4 is 15.4 Å². The molecule has 3 rings (SSSR count). The summed E-state index contributed by atoms with van der Waals surface area (Å²) in [7, 11) is 1.57. The number of nitrogens with one attached hydrogen (secondary N) is 2. The Bertz CT molecular complexity index is 944. The number of imide groups is 1. The van der Waals surface area contributed by atoms with Crippen molar-refractivity contribution in [2.45, 2.75) is 32.4 Å². The van der Waals surface area contributed by atoms with Gasteiger partial charge in [0.1, 0.15) is 17.8 Å². The summed E-state index contributed by atoms with van der Waals surface area (Å²) in [5.41, 5.74) is 1.19. The SMILES string of the molecule is COc1ccc(C2(C)NC(=O)N(CC(=O)NC(C)c3ccccc3)C2=O)cc1C. The highest BCUT2D eigenvalue weighted by Crippen LogP contribution is 2.31. The lowest BCUT2D eigenvalue weighted by molar-refractivity contribution is -0.135. The zero-order chi connectivity index (χ0) is 21.2. The second-order valence-electron chi connectivity index (χ2n) is 7.33. The molecule has 1 fully saturated rings. The average Bonchev–Trinajstić information content (AvgIpc) is 2.92. The molecule has 2 atom stereocenters. The molecule has 1 heterocycles. The Labute approximate surface area is 170 Å². The normalized spacial score (nSPS) is 19.7. The molecule has 2 N–H and O–H groups in total. The van der Waals surface area contributed by atoms with Gasteiger partial charge in [-0.1, -0.05) is 36.4 Å². The van der Waals surface area contributed by atoms with Gasteiger partial charge in [-0.2, -0.15) is 0 Å². The molecule has 0 bridgehead atoms. The summed E-state index contributed by atoms with van der Waals surface area (Å²) in [6.07, 6.45) is 0. The number of ether oxygens (including phenoxy) is 1. The number of rotatable bonds is 6. The Morgan fingerprint density at radius 2 is 1.90 bits per heavy atom. The number of carbonyl (C=O) groups excluding carboxylic acids is 3. The number of urea groups is 1. The highest BCUT2D eigenvalue weighted by atomic mass is 16.5. The van der Waals surface area contributed by atoms with Crippen molar-refractivity contribution in [2.24, 2.45) is 0 Å². The van der Waals surface area contributed by atoms with Gasteiger partial charge in [0, 0.05) is 0 Å². The summed E-state index contributed by atoms with van der Waals surface area (Å²) >= 11 is 0. The first-order valence-electron chi connectivity index (χ1n) is 9.40. The molecule has 0 spiro atoms. The Kier molecular flexibility index (Phi) is 5.59. The van der Waals surface area contributed by atoms with Gasteiger partial charge >= 0.3 is 6.03 Å². The number of aryl methyl sites for hydroxylation is 1. The summed E-state index contributed by atoms with van der Waals surface area (Å²) in [4.78, 5) is 38.9. The van der Waals surface area contributed by atoms with Crippen LogP contribution in [0.3, 0.4) is 0 Å². The van der Waals surface area contributed by atoms with Gasteiger partial charge < -0.3 is 15.4 Å². The number of amides is 4. The predicted molar refractivity (Wildman–Crippen MR) is 108 cm³/mol. The molecule has 29 heavy (non-hydrogen) atoms. The van der Waals surface area contributed by atoms with E-state index < -0.39 is 23.4 Å². The smallest absolute Gasteiger partial charge is 0.325 e. The zero-order valence-corrected chi connectivity index (χ0v) is 17.0. The minimum absolute atomic E-state index is 0.236. The van der Waals surface area contributed by atoms with Crippen LogP contribution in [0.5, 0.6) is 5.75 Å². The molecule has 7 heteroatoms. The van der Waals surface area contributed by atoms with Crippen LogP contribution in [0.15, 0.2) is 48.5 Å². The summed E-state index contributed by atoms with van der Waals surface area (Å²) in [5.74, 6) is -0.171. The molecule has 0 aliphatic carbocycles. The Morgan fingerprint density at radius 1 is 1.21 bits per heavy atom. The van der Waals surface area contributed by atoms with Crippen molar-refractivity contribution >= 4 is 17.8 Å². The fourth-order valence-electron chi connectivity index (χ4n) is 3.48. The second-order valence-corrected chi connectivity index (χ2v) is 7.33. The zero-order valence-electron chi connectivity index (χ0n) is 17.0. The van der Waals surface area contributed by atoms with E-state index in [-0.39, 0.29) is 12.6 Å². The number of hydrogen-bond donors (Lipinski definition) is 2. The number of hydrogen-bond acceptors (Lipinski definition) is 4. The number of carbonyl (C=O) groups is 3. The summed E-state index contributed by atoms with van der Waals surface area (Å²) in [6.45, 7) is 5.01. The van der Waals surface area contributed by atoms with Gasteiger partial charge in [-0.15, -0.1) is 0 Å². The van der Waals surface area contributed by atoms with Crippen LogP contribution in [0.25, 0.3) is 0 Å². The number of nitrogens with zero attached hydrogens (tertiary/aromatic N) is 1. The minimum atomic E-state index is -1.24. The molecule has 0 saturated carbocycles. The van der Waals surface area contributed by atoms with Crippen molar-refractivity contribution in [2.75, 3.05) is 13.7 Å². The van der Waals surface area contributed by atoms with E-state index in [1.165, 1.54) is 0 Å². The molecule has 0 aromatic heterocycles. The van der Waals surface area contributed by atoms with Crippen molar-refractivity contribution in [3.05, 3.63) is 65.2 Å². The third kappa shape index (κ3) is 3.94. The van der Waals surface area contributed by atoms with Gasteiger partial charge in [-0.3, -0.25) is 14.5 Å². The molecule has 2 aromatic carbocycles. The predicted octanol–water partition coefficient (Wildman–Crippen LogP) is 2.65. The van der Waals surface area contributed by atoms with Crippen molar-refractivity contribution in [1.82, 2.24) is 15.5 Å². The molecular weight excluding hydrogens is 370 g/mol. The first-order chi connectivity index (χ1) is 13.8. The Morgan fingerprint density at radius 3 is 2.52 bits per heavy atom. The van der Waals surface area contributed by atoms with Crippen LogP contribution in [0.4, 0.5) is 4.79 Å². The van der Waals surface area contributed by atoms with E-state index in [0.717, 1.165) is 16.0 Å². The molecule has 1 aliphatic heterocycles. The van der Waals surface area contributed by atoms with E-state index in [4.69, 9.17) is 4.74 Å². The third-order valence-electron chi connectivity index (χ3n) is 5.23. The monoisotopic (exact) mass is 395 g/mol. The van der Waals surface area contributed by atoms with Gasteiger partial charge in [-0.05, 0) is 49.6 Å². The van der Waals surface area contributed by atoms with Gasteiger partial charge in [0.15, 0.2) is 0 Å². The standard InChI is InChI=1S/C22H25N3O4/c1-14-12-17(10-11-18(14)29-4)22(3)20(27)25(21(28)24-22)13-19(26)23-15(2)16-8-6-5-7-9-16/h5-12,15H,13H2,1-4H3,(H,23,26)(H,24,28). The van der Waals surface area contributed by atoms with E-state index in [1.54, 1.807) is 32.2 Å². The lowest BCUT2D eigenvalue weighted by Crippen LogP contribution is -2.43. The molecule has 152 valence electrons. The van der Waals surface area contributed by atoms with E-state index in [9.17, 15) is 14.4 Å². The molecule has 7 nitrogen and oxygen atoms in total. The molecule has 1 aliphatic rings. The highest BCUT2D eigenvalue weighted by Gasteiger charge is 2.49. The fourth-order valence-corrected chi connectivity index (χ4v) is 3.48. The third-order valence-corrected chi connectivity index (χ3v) is 5.23. The highest BCUT2D eigenvalue weighted by molar-refractivity contribution is 6.09. The van der Waals surface area contributed by atoms with Crippen LogP contribution in [0.2, 0.25) is 0 Å². The van der Waals surface area contributed by atoms with E-state index in [0.29, 0.717) is 11.3 Å². The summed E-state index contributed by atoms with van der Waals surface area (Å²) in [5, 5.41) is 5.54. The maximum Gasteiger partial charge on any atom is 0.325 e. The first-order valence-corrected chi connectivity index (χ1v) is 9.40. The van der Waals surface area contributed by atoms with E-state index >= 15 is 0 Å². The Balaban J connectivity index is 1.73. The van der Waals surface area contributed by atoms with Crippen molar-refractivity contribution in [1.29, 1.82) is 0 Å². The quantitative estimate of drug-likeness (QED) is 0.736. The Hall–Kier alpha value is -3.35. The minimum Gasteiger partial charge on any atom is -0.496 e. The fraction of sp³-hybridized carbons (Fsp3) is 0.318. The molecule has 0 radical (unpaired) electrons. The number of methoxy groups -OCH3 is 1. The van der Waals surface area contributed by atoms with Crippen LogP contribution in [-0.2, 0) is 15.1 Å². The van der Waals surface area contributed by atoms with Crippen LogP contribution in [0.1, 0.15) is 36.6 Å². The van der Waals surface area contributed by atoms with Crippen LogP contribution in [-0.4, -0.2) is 36.4 Å². The van der Waals surface area contributed by atoms with Crippen LogP contribution >= 0.6 is 0 Å². The molecule has 1 saturated heterocycles. The first kappa shape index (κ1) is 20.4. The van der Waals surface area contributed by atoms with E-state index in [2.05, 4.69) is 10.6 Å². The lowest BCUT2D eigenvalue weighted by atomic mass is 9.90. The van der Waals surface area contributed by atoms with Gasteiger partial charge in [0.2, 0.25) is 5.91 Å². The van der Waals surface area contributed by atoms with E-state index in [1.807, 2.05) is 44.2 Å². The number of benzene rings is 2. The largest absolute Gasteiger partial charge is 0.496 e. The van der Waals surface area contributed by atoms with Gasteiger partial charge in [0.05, 0.1) is 13.2 Å². The van der Waals surface area contributed by atoms with Crippen LogP contribution in [0, 0.1) is 6.92 Å². The van der Waals surface area contributed by atoms with Crippen molar-refractivity contribution in [3.63, 3.8) is 0 Å². The maximum atomic E-state index is 13.0. The molecular formula is C22H25N3O4. The lowest BCUT2D eigenvalue weighted by Gasteiger charge is -2.23. The van der Waals surface area contributed by atoms with Gasteiger partial charge in [-0.25, -0.2) is 4.79 Å². The summed E-state index contributed by atoms with van der Waals surface area (Å²) in [6, 6.07) is 14.0. The molecule has 4 amide bonds. The van der Waals surface area contributed by atoms with Gasteiger partial charge in [0.25, 0.3) is 5.91 Å². The molecule has 2 unspecified atom stereocenters. The van der Waals surface area contributed by atoms with Crippen molar-refractivity contribution < 1.29 is 19.1 Å². The summed E-state index contributed by atoms with van der Waals surface area (Å²) < 4.78 is 5.26. The second kappa shape index (κ2) is 7.95. The van der Waals surface area contributed by atoms with Crippen molar-refractivity contribution in [3.8, 4) is 5.75 Å².